The second-order valence-electron chi connectivity index (χ2n) is 2.26. The van der Waals surface area contributed by atoms with Crippen molar-refractivity contribution in [3.8, 4) is 0 Å². The summed E-state index contributed by atoms with van der Waals surface area (Å²) in [6.45, 7) is 0. The summed E-state index contributed by atoms with van der Waals surface area (Å²) in [5.74, 6) is 0. The third-order valence-corrected chi connectivity index (χ3v) is 2.82. The Morgan fingerprint density at radius 1 is 1.64 bits per heavy atom. The summed E-state index contributed by atoms with van der Waals surface area (Å²) in [6, 6.07) is 2.66. The molecule has 1 aromatic rings. The maximum Gasteiger partial charge on any atom is 0.440 e. The average Bonchev–Trinajstić information content (AvgIpc) is 2.02. The summed E-state index contributed by atoms with van der Waals surface area (Å²) in [4.78, 5) is 13.8. The molecule has 0 aliphatic heterocycles. The van der Waals surface area contributed by atoms with Gasteiger partial charge in [-0.1, -0.05) is 11.6 Å². The molecule has 3 N–H and O–H groups in total. The first-order chi connectivity index (χ1) is 6.42. The van der Waals surface area contributed by atoms with Crippen molar-refractivity contribution < 1.29 is 14.1 Å². The standard InChI is InChI=1S/C6H6ClN3O3S/c7-5-2-1-4(3-9-5)14(8,13)10-6(11)12/h1-3H,(H,11,12)(H2,8,10,13). The van der Waals surface area contributed by atoms with E-state index in [1.165, 1.54) is 12.1 Å². The van der Waals surface area contributed by atoms with Crippen molar-refractivity contribution in [1.29, 1.82) is 0 Å². The molecule has 0 saturated heterocycles. The Morgan fingerprint density at radius 3 is 2.71 bits per heavy atom. The van der Waals surface area contributed by atoms with Gasteiger partial charge in [-0.2, -0.15) is 0 Å². The fourth-order valence-corrected chi connectivity index (χ4v) is 1.62. The third kappa shape index (κ3) is 2.66. The van der Waals surface area contributed by atoms with Crippen LogP contribution in [-0.4, -0.2) is 20.4 Å². The van der Waals surface area contributed by atoms with Gasteiger partial charge in [-0.05, 0) is 12.1 Å². The SMILES string of the molecule is NS(=O)(=NC(=O)O)c1ccc(Cl)nc1. The van der Waals surface area contributed by atoms with E-state index in [2.05, 4.69) is 9.35 Å². The van der Waals surface area contributed by atoms with Crippen molar-refractivity contribution >= 4 is 27.6 Å². The van der Waals surface area contributed by atoms with E-state index in [0.717, 1.165) is 6.20 Å². The molecule has 8 heteroatoms. The van der Waals surface area contributed by atoms with Crippen LogP contribution in [0.1, 0.15) is 0 Å². The summed E-state index contributed by atoms with van der Waals surface area (Å²) in [5, 5.41) is 13.7. The molecule has 0 bridgehead atoms. The molecule has 0 radical (unpaired) electrons. The molecule has 6 nitrogen and oxygen atoms in total. The normalized spacial score (nSPS) is 14.4. The van der Waals surface area contributed by atoms with Gasteiger partial charge in [0.05, 0.1) is 4.90 Å². The van der Waals surface area contributed by atoms with Gasteiger partial charge in [-0.25, -0.2) is 19.1 Å². The molecular weight excluding hydrogens is 230 g/mol. The van der Waals surface area contributed by atoms with Gasteiger partial charge in [0.1, 0.15) is 15.1 Å². The Labute approximate surface area is 85.0 Å². The van der Waals surface area contributed by atoms with E-state index in [0.29, 0.717) is 0 Å². The highest BCUT2D eigenvalue weighted by molar-refractivity contribution is 7.91. The Kier molecular flexibility index (Phi) is 3.04. The molecule has 0 aliphatic rings. The molecule has 0 saturated carbocycles. The molecule has 0 aromatic carbocycles. The van der Waals surface area contributed by atoms with Crippen LogP contribution >= 0.6 is 11.6 Å². The molecule has 76 valence electrons. The van der Waals surface area contributed by atoms with E-state index >= 15 is 0 Å². The monoisotopic (exact) mass is 235 g/mol. The number of aromatic nitrogens is 1. The number of pyridine rings is 1. The minimum absolute atomic E-state index is 0.0179. The quantitative estimate of drug-likeness (QED) is 0.711. The summed E-state index contributed by atoms with van der Waals surface area (Å²) >= 11 is 5.48. The summed E-state index contributed by atoms with van der Waals surface area (Å²) in [5.41, 5.74) is 0. The number of hydrogen-bond donors (Lipinski definition) is 2. The van der Waals surface area contributed by atoms with Crippen LogP contribution < -0.4 is 5.14 Å². The number of hydrogen-bond acceptors (Lipinski definition) is 3. The van der Waals surface area contributed by atoms with E-state index < -0.39 is 16.0 Å². The third-order valence-electron chi connectivity index (χ3n) is 1.25. The second kappa shape index (κ2) is 3.91. The van der Waals surface area contributed by atoms with Crippen molar-refractivity contribution in [2.24, 2.45) is 9.50 Å². The van der Waals surface area contributed by atoms with Crippen LogP contribution in [0, 0.1) is 0 Å². The van der Waals surface area contributed by atoms with Gasteiger partial charge in [0, 0.05) is 6.20 Å². The molecule has 0 aliphatic carbocycles. The largest absolute Gasteiger partial charge is 0.463 e. The molecule has 1 amide bonds. The topological polar surface area (TPSA) is 106 Å². The zero-order valence-electron chi connectivity index (χ0n) is 6.75. The molecule has 1 aromatic heterocycles. The van der Waals surface area contributed by atoms with E-state index in [9.17, 15) is 9.00 Å². The fraction of sp³-hybridized carbons (Fsp3) is 0. The number of halogens is 1. The van der Waals surface area contributed by atoms with Crippen LogP contribution in [-0.2, 0) is 9.92 Å². The average molecular weight is 236 g/mol. The van der Waals surface area contributed by atoms with Crippen LogP contribution in [0.4, 0.5) is 4.79 Å². The van der Waals surface area contributed by atoms with E-state index in [1.807, 2.05) is 0 Å². The van der Waals surface area contributed by atoms with Gasteiger partial charge < -0.3 is 5.11 Å². The number of nitrogens with zero attached hydrogens (tertiary/aromatic N) is 2. The number of carbonyl (C=O) groups is 1. The highest BCUT2D eigenvalue weighted by Gasteiger charge is 2.09. The number of amides is 1. The Morgan fingerprint density at radius 2 is 2.29 bits per heavy atom. The maximum absolute atomic E-state index is 11.5. The number of carboxylic acid groups (broad SMARTS) is 1. The Balaban J connectivity index is 3.24. The molecule has 14 heavy (non-hydrogen) atoms. The van der Waals surface area contributed by atoms with Crippen molar-refractivity contribution in [3.63, 3.8) is 0 Å². The lowest BCUT2D eigenvalue weighted by Gasteiger charge is -2.00. The van der Waals surface area contributed by atoms with Crippen LogP contribution in [0.3, 0.4) is 0 Å². The van der Waals surface area contributed by atoms with Crippen molar-refractivity contribution in [2.75, 3.05) is 0 Å². The number of rotatable bonds is 1. The lowest BCUT2D eigenvalue weighted by atomic mass is 10.5. The summed E-state index contributed by atoms with van der Waals surface area (Å²) in [6.07, 6.45) is -0.468. The van der Waals surface area contributed by atoms with E-state index in [1.54, 1.807) is 0 Å². The van der Waals surface area contributed by atoms with Gasteiger partial charge in [-0.3, -0.25) is 0 Å². The first-order valence-corrected chi connectivity index (χ1v) is 5.27. The fourth-order valence-electron chi connectivity index (χ4n) is 0.704. The van der Waals surface area contributed by atoms with Gasteiger partial charge in [0.15, 0.2) is 0 Å². The van der Waals surface area contributed by atoms with Crippen LogP contribution in [0.2, 0.25) is 5.15 Å². The van der Waals surface area contributed by atoms with E-state index in [4.69, 9.17) is 21.8 Å². The zero-order chi connectivity index (χ0) is 10.8. The smallest absolute Gasteiger partial charge is 0.440 e. The van der Waals surface area contributed by atoms with Crippen molar-refractivity contribution in [2.45, 2.75) is 4.90 Å². The molecule has 0 fully saturated rings. The maximum atomic E-state index is 11.5. The summed E-state index contributed by atoms with van der Waals surface area (Å²) in [7, 11) is -3.42. The van der Waals surface area contributed by atoms with Crippen molar-refractivity contribution in [3.05, 3.63) is 23.5 Å². The summed E-state index contributed by atoms with van der Waals surface area (Å²) < 4.78 is 14.3. The first-order valence-electron chi connectivity index (χ1n) is 3.31. The van der Waals surface area contributed by atoms with E-state index in [-0.39, 0.29) is 10.0 Å². The van der Waals surface area contributed by atoms with Crippen LogP contribution in [0.15, 0.2) is 27.6 Å². The lowest BCUT2D eigenvalue weighted by molar-refractivity contribution is 0.206. The zero-order valence-corrected chi connectivity index (χ0v) is 8.33. The van der Waals surface area contributed by atoms with Gasteiger partial charge in [-0.15, -0.1) is 4.36 Å². The lowest BCUT2D eigenvalue weighted by Crippen LogP contribution is -2.14. The first kappa shape index (κ1) is 10.9. The van der Waals surface area contributed by atoms with Gasteiger partial charge in [0.2, 0.25) is 0 Å². The molecule has 0 spiro atoms. The van der Waals surface area contributed by atoms with Crippen molar-refractivity contribution in [1.82, 2.24) is 4.98 Å². The predicted molar refractivity (Wildman–Crippen MR) is 50.3 cm³/mol. The highest BCUT2D eigenvalue weighted by Crippen LogP contribution is 2.10. The molecule has 1 atom stereocenters. The van der Waals surface area contributed by atoms with Gasteiger partial charge >= 0.3 is 6.09 Å². The van der Waals surface area contributed by atoms with Crippen LogP contribution in [0.5, 0.6) is 0 Å². The Hall–Kier alpha value is -1.18. The highest BCUT2D eigenvalue weighted by atomic mass is 35.5. The van der Waals surface area contributed by atoms with Crippen LogP contribution in [0.25, 0.3) is 0 Å². The minimum atomic E-state index is -3.42. The molecular formula is C6H6ClN3O3S. The minimum Gasteiger partial charge on any atom is -0.463 e. The molecule has 1 heterocycles. The van der Waals surface area contributed by atoms with Gasteiger partial charge in [0.25, 0.3) is 0 Å². The molecule has 1 unspecified atom stereocenters. The Bertz CT molecular complexity index is 464. The predicted octanol–water partition coefficient (Wildman–Crippen LogP) is 1.11. The number of nitrogens with two attached hydrogens (primary N) is 1. The second-order valence-corrected chi connectivity index (χ2v) is 4.44. The molecule has 1 rings (SSSR count).